The summed E-state index contributed by atoms with van der Waals surface area (Å²) in [6.45, 7) is 11.2. The average molecular weight is 442 g/mol. The Bertz CT molecular complexity index is 794. The van der Waals surface area contributed by atoms with Crippen molar-refractivity contribution >= 4 is 40.9 Å². The van der Waals surface area contributed by atoms with Crippen molar-refractivity contribution < 1.29 is 9.59 Å². The monoisotopic (exact) mass is 441 g/mol. The predicted octanol–water partition coefficient (Wildman–Crippen LogP) is 5.03. The van der Waals surface area contributed by atoms with Crippen molar-refractivity contribution in [2.45, 2.75) is 53.4 Å². The van der Waals surface area contributed by atoms with E-state index in [0.717, 1.165) is 18.7 Å². The van der Waals surface area contributed by atoms with Gasteiger partial charge in [-0.3, -0.25) is 19.4 Å². The van der Waals surface area contributed by atoms with Gasteiger partial charge in [-0.15, -0.1) is 0 Å². The van der Waals surface area contributed by atoms with E-state index in [1.807, 2.05) is 19.9 Å². The first kappa shape index (κ1) is 24.8. The second-order valence-electron chi connectivity index (χ2n) is 7.61. The molecule has 0 radical (unpaired) electrons. The number of likely N-dealkylation sites (N-methyl/N-ethyl adjacent to an activating group) is 2. The number of thiocarbonyl (C=S) groups is 1. The summed E-state index contributed by atoms with van der Waals surface area (Å²) in [5, 5.41) is 0.285. The molecule has 31 heavy (non-hydrogen) atoms. The van der Waals surface area contributed by atoms with Gasteiger partial charge in [0.25, 0.3) is 11.8 Å². The van der Waals surface area contributed by atoms with Gasteiger partial charge in [-0.2, -0.15) is 0 Å². The summed E-state index contributed by atoms with van der Waals surface area (Å²) in [7, 11) is 0. The molecule has 168 valence electrons. The zero-order chi connectivity index (χ0) is 22.8. The van der Waals surface area contributed by atoms with Crippen LogP contribution in [0.2, 0.25) is 0 Å². The van der Waals surface area contributed by atoms with Crippen LogP contribution in [0, 0.1) is 0 Å². The van der Waals surface area contributed by atoms with Crippen LogP contribution < -0.4 is 4.90 Å². The summed E-state index contributed by atoms with van der Waals surface area (Å²) in [5.41, 5.74) is 2.41. The number of nitrogens with zero attached hydrogens (tertiary/aromatic N) is 3. The summed E-state index contributed by atoms with van der Waals surface area (Å²) in [6.07, 6.45) is 10.0. The molecule has 0 aromatic heterocycles. The highest BCUT2D eigenvalue weighted by Gasteiger charge is 2.37. The van der Waals surface area contributed by atoms with Crippen molar-refractivity contribution in [3.63, 3.8) is 0 Å². The van der Waals surface area contributed by atoms with Gasteiger partial charge in [0.2, 0.25) is 0 Å². The van der Waals surface area contributed by atoms with Crippen molar-refractivity contribution in [3.8, 4) is 0 Å². The number of amides is 2. The third-order valence-corrected chi connectivity index (χ3v) is 5.86. The average Bonchev–Trinajstić information content (AvgIpc) is 2.77. The topological polar surface area (TPSA) is 43.9 Å². The van der Waals surface area contributed by atoms with Crippen molar-refractivity contribution in [2.24, 2.45) is 0 Å². The lowest BCUT2D eigenvalue weighted by Gasteiger charge is -2.35. The maximum Gasteiger partial charge on any atom is 0.265 e. The third-order valence-electron chi connectivity index (χ3n) is 5.42. The van der Waals surface area contributed by atoms with Crippen LogP contribution in [0.5, 0.6) is 0 Å². The molecule has 2 amide bonds. The number of benzene rings is 1. The number of unbranched alkanes of at least 4 members (excludes halogenated alkanes) is 2. The number of rotatable bonds is 11. The van der Waals surface area contributed by atoms with E-state index in [-0.39, 0.29) is 22.5 Å². The fraction of sp³-hybridized carbons (Fsp3) is 0.480. The number of anilines is 1. The van der Waals surface area contributed by atoms with Crippen LogP contribution in [0.4, 0.5) is 5.69 Å². The van der Waals surface area contributed by atoms with Crippen molar-refractivity contribution in [3.05, 3.63) is 47.6 Å². The molecule has 1 aliphatic heterocycles. The van der Waals surface area contributed by atoms with E-state index < -0.39 is 0 Å². The first-order valence-corrected chi connectivity index (χ1v) is 11.8. The van der Waals surface area contributed by atoms with E-state index in [9.17, 15) is 9.59 Å². The molecular weight excluding hydrogens is 406 g/mol. The zero-order valence-corrected chi connectivity index (χ0v) is 20.1. The Labute approximate surface area is 192 Å². The standard InChI is InChI=1S/C25H35N3O2S/c1-5-9-18-26(19-10-6-2)21-16-14-20(15-17-21)12-11-13-22-23(29)27(7-3)25(31)28(8-4)24(22)30/h11-17H,5-10,18-19H2,1-4H3/b12-11+. The molecule has 1 saturated heterocycles. The molecule has 5 nitrogen and oxygen atoms in total. The lowest BCUT2D eigenvalue weighted by Crippen LogP contribution is -2.55. The van der Waals surface area contributed by atoms with Crippen LogP contribution in [0.15, 0.2) is 42.0 Å². The summed E-state index contributed by atoms with van der Waals surface area (Å²) in [5.74, 6) is -0.658. The number of allylic oxidation sites excluding steroid dienone is 2. The second-order valence-corrected chi connectivity index (χ2v) is 7.97. The lowest BCUT2D eigenvalue weighted by atomic mass is 10.1. The Hall–Kier alpha value is -2.47. The zero-order valence-electron chi connectivity index (χ0n) is 19.3. The van der Waals surface area contributed by atoms with Gasteiger partial charge in [-0.1, -0.05) is 51.0 Å². The summed E-state index contributed by atoms with van der Waals surface area (Å²) >= 11 is 5.29. The summed E-state index contributed by atoms with van der Waals surface area (Å²) in [4.78, 5) is 30.7. The second kappa shape index (κ2) is 12.4. The highest BCUT2D eigenvalue weighted by molar-refractivity contribution is 7.80. The van der Waals surface area contributed by atoms with E-state index >= 15 is 0 Å². The maximum atomic E-state index is 12.7. The number of hydrogen-bond donors (Lipinski definition) is 0. The molecule has 1 fully saturated rings. The first-order valence-electron chi connectivity index (χ1n) is 11.4. The minimum absolute atomic E-state index is 0.149. The van der Waals surface area contributed by atoms with Gasteiger partial charge in [0.15, 0.2) is 5.11 Å². The van der Waals surface area contributed by atoms with Gasteiger partial charge in [0, 0.05) is 31.9 Å². The Morgan fingerprint density at radius 2 is 1.39 bits per heavy atom. The van der Waals surface area contributed by atoms with Crippen molar-refractivity contribution in [1.82, 2.24) is 9.80 Å². The van der Waals surface area contributed by atoms with Crippen LogP contribution in [0.25, 0.3) is 6.08 Å². The Morgan fingerprint density at radius 1 is 0.871 bits per heavy atom. The van der Waals surface area contributed by atoms with E-state index in [1.165, 1.54) is 41.2 Å². The van der Waals surface area contributed by atoms with Crippen molar-refractivity contribution in [1.29, 1.82) is 0 Å². The first-order chi connectivity index (χ1) is 15.0. The molecule has 0 N–H and O–H groups in total. The molecule has 6 heteroatoms. The highest BCUT2D eigenvalue weighted by atomic mass is 32.1. The van der Waals surface area contributed by atoms with Crippen LogP contribution in [0.1, 0.15) is 58.9 Å². The third kappa shape index (κ3) is 6.26. The van der Waals surface area contributed by atoms with Gasteiger partial charge in [0.05, 0.1) is 0 Å². The highest BCUT2D eigenvalue weighted by Crippen LogP contribution is 2.20. The van der Waals surface area contributed by atoms with E-state index in [2.05, 4.69) is 43.0 Å². The van der Waals surface area contributed by atoms with Crippen LogP contribution in [-0.4, -0.2) is 52.9 Å². The number of carbonyl (C=O) groups excluding carboxylic acids is 2. The largest absolute Gasteiger partial charge is 0.372 e. The molecule has 0 unspecified atom stereocenters. The van der Waals surface area contributed by atoms with Gasteiger partial charge in [0.1, 0.15) is 5.57 Å². The van der Waals surface area contributed by atoms with Crippen LogP contribution >= 0.6 is 12.2 Å². The maximum absolute atomic E-state index is 12.7. The fourth-order valence-electron chi connectivity index (χ4n) is 3.52. The molecular formula is C25H35N3O2S. The van der Waals surface area contributed by atoms with Gasteiger partial charge >= 0.3 is 0 Å². The Kier molecular flexibility index (Phi) is 9.92. The van der Waals surface area contributed by atoms with Gasteiger partial charge < -0.3 is 4.90 Å². The molecule has 0 saturated carbocycles. The number of carbonyl (C=O) groups is 2. The Balaban J connectivity index is 2.15. The quantitative estimate of drug-likeness (QED) is 0.274. The van der Waals surface area contributed by atoms with E-state index in [4.69, 9.17) is 12.2 Å². The van der Waals surface area contributed by atoms with E-state index in [0.29, 0.717) is 13.1 Å². The van der Waals surface area contributed by atoms with Crippen LogP contribution in [-0.2, 0) is 9.59 Å². The minimum atomic E-state index is -0.329. The Morgan fingerprint density at radius 3 is 1.84 bits per heavy atom. The normalized spacial score (nSPS) is 14.7. The lowest BCUT2D eigenvalue weighted by molar-refractivity contribution is -0.133. The molecule has 0 bridgehead atoms. The van der Waals surface area contributed by atoms with Crippen molar-refractivity contribution in [2.75, 3.05) is 31.1 Å². The molecule has 1 aromatic carbocycles. The molecule has 1 heterocycles. The molecule has 0 atom stereocenters. The molecule has 2 rings (SSSR count). The summed E-state index contributed by atoms with van der Waals surface area (Å²) in [6, 6.07) is 8.44. The van der Waals surface area contributed by atoms with Crippen LogP contribution in [0.3, 0.4) is 0 Å². The fourth-order valence-corrected chi connectivity index (χ4v) is 3.95. The molecule has 1 aromatic rings. The van der Waals surface area contributed by atoms with Gasteiger partial charge in [-0.05, 0) is 62.7 Å². The van der Waals surface area contributed by atoms with Gasteiger partial charge in [-0.25, -0.2) is 0 Å². The molecule has 0 aliphatic carbocycles. The van der Waals surface area contributed by atoms with E-state index in [1.54, 1.807) is 12.2 Å². The molecule has 1 aliphatic rings. The number of hydrogen-bond acceptors (Lipinski definition) is 4. The minimum Gasteiger partial charge on any atom is -0.372 e. The smallest absolute Gasteiger partial charge is 0.265 e. The predicted molar refractivity (Wildman–Crippen MR) is 133 cm³/mol. The molecule has 0 spiro atoms. The SMILES string of the molecule is CCCCN(CCCC)c1ccc(/C=C/C=C2C(=O)N(CC)C(=S)N(CC)C2=O)cc1. The summed E-state index contributed by atoms with van der Waals surface area (Å²) < 4.78 is 0.